The zero-order valence-corrected chi connectivity index (χ0v) is 18.0. The summed E-state index contributed by atoms with van der Waals surface area (Å²) in [5.41, 5.74) is 2.20. The number of guanidine groups is 1. The molecule has 1 amide bonds. The molecule has 156 valence electrons. The molecule has 2 rings (SSSR count). The minimum Gasteiger partial charge on any atom is -0.444 e. The standard InChI is InChI=1S/C22H36N4O2/c1-6-16-9-7-8-10-17(16)15-24-20(23-5)25-18-11-13-19(14-12-18)26-21(27)28-22(2,3)4/h7-10,18-19H,6,11-15H2,1-5H3,(H,26,27)(H2,23,24,25). The van der Waals surface area contributed by atoms with Gasteiger partial charge in [-0.2, -0.15) is 0 Å². The molecule has 1 saturated carbocycles. The quantitative estimate of drug-likeness (QED) is 0.530. The molecule has 6 nitrogen and oxygen atoms in total. The average Bonchev–Trinajstić information content (AvgIpc) is 2.65. The van der Waals surface area contributed by atoms with Crippen molar-refractivity contribution in [1.29, 1.82) is 0 Å². The molecule has 0 aliphatic heterocycles. The van der Waals surface area contributed by atoms with Crippen LogP contribution in [0, 0.1) is 0 Å². The van der Waals surface area contributed by atoms with Crippen molar-refractivity contribution in [3.8, 4) is 0 Å². The van der Waals surface area contributed by atoms with E-state index >= 15 is 0 Å². The molecule has 0 heterocycles. The van der Waals surface area contributed by atoms with E-state index in [1.807, 2.05) is 20.8 Å². The van der Waals surface area contributed by atoms with Crippen molar-refractivity contribution in [1.82, 2.24) is 16.0 Å². The fourth-order valence-corrected chi connectivity index (χ4v) is 3.50. The van der Waals surface area contributed by atoms with Gasteiger partial charge in [-0.3, -0.25) is 4.99 Å². The Bertz CT molecular complexity index is 659. The van der Waals surface area contributed by atoms with E-state index in [-0.39, 0.29) is 12.1 Å². The molecule has 3 N–H and O–H groups in total. The summed E-state index contributed by atoms with van der Waals surface area (Å²) in [6.45, 7) is 8.58. The Morgan fingerprint density at radius 2 is 1.64 bits per heavy atom. The second-order valence-corrected chi connectivity index (χ2v) is 8.39. The van der Waals surface area contributed by atoms with Crippen molar-refractivity contribution in [3.63, 3.8) is 0 Å². The molecule has 0 aromatic heterocycles. The molecule has 0 radical (unpaired) electrons. The number of benzene rings is 1. The summed E-state index contributed by atoms with van der Waals surface area (Å²) in [5, 5.41) is 9.93. The number of ether oxygens (including phenoxy) is 1. The summed E-state index contributed by atoms with van der Waals surface area (Å²) in [4.78, 5) is 16.3. The summed E-state index contributed by atoms with van der Waals surface area (Å²) in [6, 6.07) is 9.03. The smallest absolute Gasteiger partial charge is 0.407 e. The summed E-state index contributed by atoms with van der Waals surface area (Å²) in [7, 11) is 1.80. The van der Waals surface area contributed by atoms with Gasteiger partial charge in [-0.1, -0.05) is 31.2 Å². The number of nitrogens with zero attached hydrogens (tertiary/aromatic N) is 1. The monoisotopic (exact) mass is 388 g/mol. The van der Waals surface area contributed by atoms with Gasteiger partial charge in [0, 0.05) is 25.7 Å². The minimum atomic E-state index is -0.461. The molecule has 1 aromatic carbocycles. The highest BCUT2D eigenvalue weighted by Gasteiger charge is 2.25. The molecule has 0 unspecified atom stereocenters. The van der Waals surface area contributed by atoms with Crippen molar-refractivity contribution >= 4 is 12.1 Å². The lowest BCUT2D eigenvalue weighted by Gasteiger charge is -2.31. The average molecular weight is 389 g/mol. The van der Waals surface area contributed by atoms with Crippen LogP contribution in [-0.2, 0) is 17.7 Å². The van der Waals surface area contributed by atoms with Crippen LogP contribution < -0.4 is 16.0 Å². The lowest BCUT2D eigenvalue weighted by molar-refractivity contribution is 0.0490. The maximum atomic E-state index is 11.9. The summed E-state index contributed by atoms with van der Waals surface area (Å²) in [5.74, 6) is 0.828. The highest BCUT2D eigenvalue weighted by Crippen LogP contribution is 2.19. The largest absolute Gasteiger partial charge is 0.444 e. The van der Waals surface area contributed by atoms with Gasteiger partial charge in [0.1, 0.15) is 5.60 Å². The van der Waals surface area contributed by atoms with Crippen molar-refractivity contribution in [3.05, 3.63) is 35.4 Å². The number of alkyl carbamates (subject to hydrolysis) is 1. The van der Waals surface area contributed by atoms with Gasteiger partial charge in [-0.05, 0) is 64.0 Å². The first kappa shape index (κ1) is 22.1. The normalized spacial score (nSPS) is 20.4. The SMILES string of the molecule is CCc1ccccc1CNC(=NC)NC1CCC(NC(=O)OC(C)(C)C)CC1. The van der Waals surface area contributed by atoms with E-state index < -0.39 is 5.60 Å². The van der Waals surface area contributed by atoms with Crippen molar-refractivity contribution in [2.24, 2.45) is 4.99 Å². The first-order valence-corrected chi connectivity index (χ1v) is 10.3. The van der Waals surface area contributed by atoms with Crippen LogP contribution in [0.5, 0.6) is 0 Å². The Morgan fingerprint density at radius 1 is 1.07 bits per heavy atom. The number of hydrogen-bond acceptors (Lipinski definition) is 3. The van der Waals surface area contributed by atoms with Gasteiger partial charge in [0.2, 0.25) is 0 Å². The van der Waals surface area contributed by atoms with Crippen LogP contribution in [0.1, 0.15) is 64.5 Å². The van der Waals surface area contributed by atoms with Crippen LogP contribution in [0.4, 0.5) is 4.79 Å². The number of carbonyl (C=O) groups is 1. The highest BCUT2D eigenvalue weighted by atomic mass is 16.6. The van der Waals surface area contributed by atoms with Crippen LogP contribution in [0.15, 0.2) is 29.3 Å². The van der Waals surface area contributed by atoms with E-state index in [4.69, 9.17) is 4.74 Å². The number of carbonyl (C=O) groups excluding carboxylic acids is 1. The molecule has 6 heteroatoms. The number of hydrogen-bond donors (Lipinski definition) is 3. The van der Waals surface area contributed by atoms with Crippen LogP contribution in [0.3, 0.4) is 0 Å². The fourth-order valence-electron chi connectivity index (χ4n) is 3.50. The molecule has 28 heavy (non-hydrogen) atoms. The van der Waals surface area contributed by atoms with E-state index in [1.54, 1.807) is 7.05 Å². The number of rotatable bonds is 5. The van der Waals surface area contributed by atoms with Gasteiger partial charge in [-0.25, -0.2) is 4.79 Å². The minimum absolute atomic E-state index is 0.180. The Hall–Kier alpha value is -2.24. The Kier molecular flexibility index (Phi) is 8.15. The topological polar surface area (TPSA) is 74.8 Å². The second kappa shape index (κ2) is 10.3. The van der Waals surface area contributed by atoms with Gasteiger partial charge in [0.05, 0.1) is 0 Å². The Labute approximate surface area is 169 Å². The number of nitrogens with one attached hydrogen (secondary N) is 3. The first-order valence-electron chi connectivity index (χ1n) is 10.3. The molecule has 1 aliphatic carbocycles. The lowest BCUT2D eigenvalue weighted by atomic mass is 9.91. The fraction of sp³-hybridized carbons (Fsp3) is 0.636. The summed E-state index contributed by atoms with van der Waals surface area (Å²) < 4.78 is 5.35. The number of aliphatic imine (C=N–C) groups is 1. The highest BCUT2D eigenvalue weighted by molar-refractivity contribution is 5.80. The molecule has 0 atom stereocenters. The van der Waals surface area contributed by atoms with E-state index in [0.717, 1.165) is 44.6 Å². The van der Waals surface area contributed by atoms with Gasteiger partial charge in [0.25, 0.3) is 0 Å². The molecular weight excluding hydrogens is 352 g/mol. The predicted molar refractivity (Wildman–Crippen MR) is 115 cm³/mol. The van der Waals surface area contributed by atoms with Crippen molar-refractivity contribution < 1.29 is 9.53 Å². The number of amides is 1. The van der Waals surface area contributed by atoms with Gasteiger partial charge >= 0.3 is 6.09 Å². The third-order valence-electron chi connectivity index (χ3n) is 4.96. The van der Waals surface area contributed by atoms with Crippen LogP contribution in [0.2, 0.25) is 0 Å². The molecule has 0 saturated heterocycles. The molecule has 0 spiro atoms. The van der Waals surface area contributed by atoms with E-state index in [2.05, 4.69) is 52.1 Å². The van der Waals surface area contributed by atoms with Gasteiger partial charge in [0.15, 0.2) is 5.96 Å². The summed E-state index contributed by atoms with van der Waals surface area (Å²) in [6.07, 6.45) is 4.56. The second-order valence-electron chi connectivity index (χ2n) is 8.39. The van der Waals surface area contributed by atoms with Crippen LogP contribution in [0.25, 0.3) is 0 Å². The Balaban J connectivity index is 1.75. The maximum Gasteiger partial charge on any atom is 0.407 e. The van der Waals surface area contributed by atoms with Gasteiger partial charge < -0.3 is 20.7 Å². The third kappa shape index (κ3) is 7.41. The van der Waals surface area contributed by atoms with Gasteiger partial charge in [-0.15, -0.1) is 0 Å². The summed E-state index contributed by atoms with van der Waals surface area (Å²) >= 11 is 0. The lowest BCUT2D eigenvalue weighted by Crippen LogP contribution is -2.48. The predicted octanol–water partition coefficient (Wildman–Crippen LogP) is 3.75. The zero-order valence-electron chi connectivity index (χ0n) is 18.0. The van der Waals surface area contributed by atoms with E-state index in [1.165, 1.54) is 11.1 Å². The molecular formula is C22H36N4O2. The van der Waals surface area contributed by atoms with Crippen LogP contribution in [-0.4, -0.2) is 36.8 Å². The molecule has 1 aromatic rings. The Morgan fingerprint density at radius 3 is 2.18 bits per heavy atom. The molecule has 1 fully saturated rings. The first-order chi connectivity index (χ1) is 13.3. The molecule has 0 bridgehead atoms. The molecule has 1 aliphatic rings. The maximum absolute atomic E-state index is 11.9. The van der Waals surface area contributed by atoms with E-state index in [9.17, 15) is 4.79 Å². The van der Waals surface area contributed by atoms with E-state index in [0.29, 0.717) is 6.04 Å². The number of aryl methyl sites for hydroxylation is 1. The zero-order chi connectivity index (χ0) is 20.6. The van der Waals surface area contributed by atoms with Crippen molar-refractivity contribution in [2.75, 3.05) is 7.05 Å². The third-order valence-corrected chi connectivity index (χ3v) is 4.96. The van der Waals surface area contributed by atoms with Crippen molar-refractivity contribution in [2.45, 2.75) is 84.0 Å². The van der Waals surface area contributed by atoms with Crippen LogP contribution >= 0.6 is 0 Å².